The number of hydrogen-bond acceptors (Lipinski definition) is 4. The first kappa shape index (κ1) is 29.9. The Labute approximate surface area is 242 Å². The van der Waals surface area contributed by atoms with Crippen LogP contribution in [0.5, 0.6) is 11.5 Å². The lowest BCUT2D eigenvalue weighted by molar-refractivity contribution is 0.281. The zero-order valence-corrected chi connectivity index (χ0v) is 25.1. The van der Waals surface area contributed by atoms with Crippen LogP contribution in [0.15, 0.2) is 78.9 Å². The van der Waals surface area contributed by atoms with Crippen LogP contribution in [0, 0.1) is 5.92 Å². The van der Waals surface area contributed by atoms with Crippen molar-refractivity contribution in [3.63, 3.8) is 0 Å². The SMILES string of the molecule is CN(C)CCCOc1ccc(C(=C(c2ccccc2)C2CCCCC2)c2ccc(OCCCN(C)C)cc2)cc1. The minimum absolute atomic E-state index is 0.551. The van der Waals surface area contributed by atoms with Crippen molar-refractivity contribution >= 4 is 11.1 Å². The Morgan fingerprint density at radius 3 is 1.52 bits per heavy atom. The first-order valence-corrected chi connectivity index (χ1v) is 15.1. The van der Waals surface area contributed by atoms with E-state index in [0.717, 1.165) is 50.6 Å². The van der Waals surface area contributed by atoms with Crippen molar-refractivity contribution < 1.29 is 9.47 Å². The lowest BCUT2D eigenvalue weighted by Gasteiger charge is -2.28. The Balaban J connectivity index is 1.67. The van der Waals surface area contributed by atoms with E-state index >= 15 is 0 Å². The highest BCUT2D eigenvalue weighted by atomic mass is 16.5. The van der Waals surface area contributed by atoms with Crippen LogP contribution in [0.2, 0.25) is 0 Å². The summed E-state index contributed by atoms with van der Waals surface area (Å²) in [4.78, 5) is 4.39. The van der Waals surface area contributed by atoms with Gasteiger partial charge >= 0.3 is 0 Å². The molecule has 0 N–H and O–H groups in total. The molecule has 0 radical (unpaired) electrons. The highest BCUT2D eigenvalue weighted by Crippen LogP contribution is 2.43. The van der Waals surface area contributed by atoms with Gasteiger partial charge in [0.1, 0.15) is 11.5 Å². The molecule has 0 bridgehead atoms. The van der Waals surface area contributed by atoms with Crippen molar-refractivity contribution in [2.75, 3.05) is 54.5 Å². The number of rotatable bonds is 14. The Hall–Kier alpha value is -3.08. The number of allylic oxidation sites excluding steroid dienone is 1. The fourth-order valence-electron chi connectivity index (χ4n) is 5.65. The summed E-state index contributed by atoms with van der Waals surface area (Å²) in [7, 11) is 8.40. The summed E-state index contributed by atoms with van der Waals surface area (Å²) in [6, 6.07) is 28.6. The van der Waals surface area contributed by atoms with E-state index in [1.807, 2.05) is 0 Å². The Morgan fingerprint density at radius 1 is 0.600 bits per heavy atom. The van der Waals surface area contributed by atoms with Crippen molar-refractivity contribution in [3.8, 4) is 11.5 Å². The van der Waals surface area contributed by atoms with Crippen LogP contribution in [0.25, 0.3) is 11.1 Å². The molecule has 0 amide bonds. The monoisotopic (exact) mass is 540 g/mol. The first-order chi connectivity index (χ1) is 19.5. The maximum atomic E-state index is 6.07. The summed E-state index contributed by atoms with van der Waals surface area (Å²) in [5.74, 6) is 2.42. The van der Waals surface area contributed by atoms with Gasteiger partial charge in [0.05, 0.1) is 13.2 Å². The third-order valence-corrected chi connectivity index (χ3v) is 7.69. The molecule has 0 spiro atoms. The fraction of sp³-hybridized carbons (Fsp3) is 0.444. The van der Waals surface area contributed by atoms with Gasteiger partial charge in [-0.25, -0.2) is 0 Å². The predicted molar refractivity (Wildman–Crippen MR) is 169 cm³/mol. The first-order valence-electron chi connectivity index (χ1n) is 15.1. The minimum atomic E-state index is 0.551. The maximum Gasteiger partial charge on any atom is 0.119 e. The van der Waals surface area contributed by atoms with E-state index in [1.165, 1.54) is 59.9 Å². The molecule has 0 aliphatic heterocycles. The zero-order valence-electron chi connectivity index (χ0n) is 25.1. The van der Waals surface area contributed by atoms with Gasteiger partial charge in [-0.3, -0.25) is 0 Å². The Morgan fingerprint density at radius 2 is 1.07 bits per heavy atom. The van der Waals surface area contributed by atoms with Gasteiger partial charge in [0, 0.05) is 13.1 Å². The van der Waals surface area contributed by atoms with Gasteiger partial charge < -0.3 is 19.3 Å². The van der Waals surface area contributed by atoms with Crippen molar-refractivity contribution in [1.29, 1.82) is 0 Å². The second-order valence-electron chi connectivity index (χ2n) is 11.5. The summed E-state index contributed by atoms with van der Waals surface area (Å²) in [6.07, 6.45) is 8.46. The quantitative estimate of drug-likeness (QED) is 0.153. The second kappa shape index (κ2) is 15.6. The van der Waals surface area contributed by atoms with E-state index in [1.54, 1.807) is 0 Å². The topological polar surface area (TPSA) is 24.9 Å². The second-order valence-corrected chi connectivity index (χ2v) is 11.5. The predicted octanol–water partition coefficient (Wildman–Crippen LogP) is 7.89. The maximum absolute atomic E-state index is 6.07. The highest BCUT2D eigenvalue weighted by Gasteiger charge is 2.24. The molecule has 0 aromatic heterocycles. The van der Waals surface area contributed by atoms with E-state index in [4.69, 9.17) is 9.47 Å². The van der Waals surface area contributed by atoms with Crippen LogP contribution in [-0.4, -0.2) is 64.3 Å². The molecule has 1 aliphatic rings. The standard InChI is InChI=1S/C36H48N2O2/c1-37(2)25-11-27-39-33-21-17-31(18-22-33)36(32-19-23-34(24-20-32)40-28-12-26-38(3)4)35(29-13-7-5-8-14-29)30-15-9-6-10-16-30/h5,7-8,13-14,17-24,30H,6,9-12,15-16,25-28H2,1-4H3. The van der Waals surface area contributed by atoms with Crippen LogP contribution in [-0.2, 0) is 0 Å². The van der Waals surface area contributed by atoms with Crippen LogP contribution < -0.4 is 9.47 Å². The molecule has 0 saturated heterocycles. The molecule has 1 saturated carbocycles. The third-order valence-electron chi connectivity index (χ3n) is 7.69. The lowest BCUT2D eigenvalue weighted by atomic mass is 9.76. The normalized spacial score (nSPS) is 13.9. The average Bonchev–Trinajstić information content (AvgIpc) is 2.98. The molecule has 0 unspecified atom stereocenters. The summed E-state index contributed by atoms with van der Waals surface area (Å²) in [5.41, 5.74) is 6.61. The van der Waals surface area contributed by atoms with Crippen molar-refractivity contribution in [2.24, 2.45) is 5.92 Å². The van der Waals surface area contributed by atoms with Gasteiger partial charge in [-0.15, -0.1) is 0 Å². The number of nitrogens with zero attached hydrogens (tertiary/aromatic N) is 2. The van der Waals surface area contributed by atoms with E-state index < -0.39 is 0 Å². The van der Waals surface area contributed by atoms with Crippen LogP contribution in [0.1, 0.15) is 61.6 Å². The molecule has 1 aliphatic carbocycles. The molecule has 4 heteroatoms. The largest absolute Gasteiger partial charge is 0.494 e. The molecule has 3 aromatic carbocycles. The number of ether oxygens (including phenoxy) is 2. The molecule has 4 rings (SSSR count). The van der Waals surface area contributed by atoms with Gasteiger partial charge in [0.15, 0.2) is 0 Å². The van der Waals surface area contributed by atoms with Crippen molar-refractivity contribution in [2.45, 2.75) is 44.9 Å². The number of benzene rings is 3. The molecular weight excluding hydrogens is 492 g/mol. The van der Waals surface area contributed by atoms with Crippen LogP contribution in [0.4, 0.5) is 0 Å². The summed E-state index contributed by atoms with van der Waals surface area (Å²) < 4.78 is 12.1. The lowest BCUT2D eigenvalue weighted by Crippen LogP contribution is -2.15. The number of hydrogen-bond donors (Lipinski definition) is 0. The molecule has 0 heterocycles. The summed E-state index contributed by atoms with van der Waals surface area (Å²) in [6.45, 7) is 3.52. The highest BCUT2D eigenvalue weighted by molar-refractivity contribution is 5.99. The zero-order chi connectivity index (χ0) is 28.2. The molecule has 1 fully saturated rings. The molecule has 0 atom stereocenters. The fourth-order valence-corrected chi connectivity index (χ4v) is 5.65. The average molecular weight is 541 g/mol. The molecule has 214 valence electrons. The van der Waals surface area contributed by atoms with Gasteiger partial charge in [-0.05, 0) is 112 Å². The van der Waals surface area contributed by atoms with E-state index in [0.29, 0.717) is 5.92 Å². The summed E-state index contributed by atoms with van der Waals surface area (Å²) in [5, 5.41) is 0. The molecule has 40 heavy (non-hydrogen) atoms. The smallest absolute Gasteiger partial charge is 0.119 e. The van der Waals surface area contributed by atoms with E-state index in [-0.39, 0.29) is 0 Å². The Bertz CT molecular complexity index is 1100. The van der Waals surface area contributed by atoms with Crippen LogP contribution in [0.3, 0.4) is 0 Å². The van der Waals surface area contributed by atoms with Gasteiger partial charge in [-0.2, -0.15) is 0 Å². The van der Waals surface area contributed by atoms with E-state index in [2.05, 4.69) is 117 Å². The molecule has 3 aromatic rings. The van der Waals surface area contributed by atoms with E-state index in [9.17, 15) is 0 Å². The third kappa shape index (κ3) is 8.97. The molecular formula is C36H48N2O2. The van der Waals surface area contributed by atoms with Gasteiger partial charge in [0.25, 0.3) is 0 Å². The van der Waals surface area contributed by atoms with Gasteiger partial charge in [0.2, 0.25) is 0 Å². The van der Waals surface area contributed by atoms with Gasteiger partial charge in [-0.1, -0.05) is 73.9 Å². The van der Waals surface area contributed by atoms with Crippen molar-refractivity contribution in [3.05, 3.63) is 95.6 Å². The minimum Gasteiger partial charge on any atom is -0.494 e. The summed E-state index contributed by atoms with van der Waals surface area (Å²) >= 11 is 0. The molecule has 4 nitrogen and oxygen atoms in total. The van der Waals surface area contributed by atoms with Crippen LogP contribution >= 0.6 is 0 Å². The van der Waals surface area contributed by atoms with Crippen molar-refractivity contribution in [1.82, 2.24) is 9.80 Å². The Kier molecular flexibility index (Phi) is 11.7.